The van der Waals surface area contributed by atoms with E-state index in [1.807, 2.05) is 51.1 Å². The highest BCUT2D eigenvalue weighted by atomic mass is 32.2. The summed E-state index contributed by atoms with van der Waals surface area (Å²) in [6.45, 7) is 13.6. The first kappa shape index (κ1) is 26.9. The standard InChI is InChI=1S/C15H14O3S.C6H14O2.C2H4/c1-19(17)14-7-8-15(13(9-14)10-16)18-11-12-5-3-2-4-6-12;1-4-7-6(3)8-5-2;1-2/h2-10H,11H2,1H3;6H,4-5H2,1-3H3;1-2H2. The predicted octanol–water partition coefficient (Wildman–Crippen LogP) is 5.02. The number of aldehydes is 1. The summed E-state index contributed by atoms with van der Waals surface area (Å²) in [6.07, 6.45) is 2.26. The van der Waals surface area contributed by atoms with Gasteiger partial charge < -0.3 is 18.8 Å². The molecule has 0 aliphatic heterocycles. The van der Waals surface area contributed by atoms with Crippen LogP contribution in [-0.2, 0) is 27.3 Å². The van der Waals surface area contributed by atoms with Crippen molar-refractivity contribution in [3.8, 4) is 5.75 Å². The van der Waals surface area contributed by atoms with Gasteiger partial charge in [0.2, 0.25) is 0 Å². The van der Waals surface area contributed by atoms with Gasteiger partial charge in [-0.1, -0.05) is 30.3 Å². The molecule has 5 nitrogen and oxygen atoms in total. The van der Waals surface area contributed by atoms with Gasteiger partial charge in [-0.2, -0.15) is 0 Å². The SMILES string of the molecule is C=C.CCOC(C)OCC.C[S+]([O-])c1ccc(OCc2ccccc2)c(C=O)c1. The fourth-order valence-corrected chi connectivity index (χ4v) is 2.73. The number of ether oxygens (including phenoxy) is 3. The lowest BCUT2D eigenvalue weighted by Crippen LogP contribution is -2.11. The van der Waals surface area contributed by atoms with Gasteiger partial charge in [0.05, 0.1) is 5.56 Å². The van der Waals surface area contributed by atoms with Crippen molar-refractivity contribution >= 4 is 17.5 Å². The lowest BCUT2D eigenvalue weighted by molar-refractivity contribution is -0.123. The molecule has 0 amide bonds. The van der Waals surface area contributed by atoms with Gasteiger partial charge >= 0.3 is 0 Å². The van der Waals surface area contributed by atoms with Gasteiger partial charge in [0.15, 0.2) is 17.5 Å². The Kier molecular flexibility index (Phi) is 15.6. The van der Waals surface area contributed by atoms with E-state index in [9.17, 15) is 9.35 Å². The molecule has 0 fully saturated rings. The molecule has 0 saturated heterocycles. The number of carbonyl (C=O) groups is 1. The zero-order valence-electron chi connectivity index (χ0n) is 17.8. The third-order valence-electron chi connectivity index (χ3n) is 3.48. The van der Waals surface area contributed by atoms with Crippen LogP contribution >= 0.6 is 0 Å². The number of hydrogen-bond acceptors (Lipinski definition) is 5. The minimum absolute atomic E-state index is 0.0370. The van der Waals surface area contributed by atoms with Crippen LogP contribution in [-0.4, -0.2) is 36.6 Å². The minimum atomic E-state index is -1.10. The third-order valence-corrected chi connectivity index (χ3v) is 4.40. The molecule has 160 valence electrons. The van der Waals surface area contributed by atoms with Gasteiger partial charge in [-0.05, 0) is 49.6 Å². The van der Waals surface area contributed by atoms with Crippen LogP contribution < -0.4 is 4.74 Å². The summed E-state index contributed by atoms with van der Waals surface area (Å²) in [5, 5.41) is 0. The lowest BCUT2D eigenvalue weighted by atomic mass is 10.2. The Hall–Kier alpha value is -2.12. The van der Waals surface area contributed by atoms with Crippen LogP contribution in [0.4, 0.5) is 0 Å². The van der Waals surface area contributed by atoms with Gasteiger partial charge in [0, 0.05) is 19.3 Å². The van der Waals surface area contributed by atoms with E-state index in [0.717, 1.165) is 25.1 Å². The Morgan fingerprint density at radius 2 is 1.66 bits per heavy atom. The highest BCUT2D eigenvalue weighted by Crippen LogP contribution is 2.22. The van der Waals surface area contributed by atoms with E-state index >= 15 is 0 Å². The van der Waals surface area contributed by atoms with E-state index in [2.05, 4.69) is 13.2 Å². The van der Waals surface area contributed by atoms with Crippen molar-refractivity contribution in [3.05, 3.63) is 72.8 Å². The molecular formula is C23H32O5S. The fraction of sp³-hybridized carbons (Fsp3) is 0.348. The molecule has 29 heavy (non-hydrogen) atoms. The maximum Gasteiger partial charge on any atom is 0.154 e. The van der Waals surface area contributed by atoms with Crippen molar-refractivity contribution in [2.45, 2.75) is 38.6 Å². The van der Waals surface area contributed by atoms with Crippen LogP contribution in [0.2, 0.25) is 0 Å². The lowest BCUT2D eigenvalue weighted by Gasteiger charge is -2.10. The van der Waals surface area contributed by atoms with Crippen LogP contribution in [0.15, 0.2) is 66.6 Å². The van der Waals surface area contributed by atoms with Crippen LogP contribution in [0.3, 0.4) is 0 Å². The zero-order chi connectivity index (χ0) is 22.1. The largest absolute Gasteiger partial charge is 0.612 e. The van der Waals surface area contributed by atoms with E-state index in [4.69, 9.17) is 14.2 Å². The second-order valence-corrected chi connectivity index (χ2v) is 6.90. The van der Waals surface area contributed by atoms with E-state index in [1.165, 1.54) is 0 Å². The van der Waals surface area contributed by atoms with Crippen LogP contribution in [0, 0.1) is 0 Å². The van der Waals surface area contributed by atoms with Crippen molar-refractivity contribution in [2.75, 3.05) is 19.5 Å². The first-order valence-corrected chi connectivity index (χ1v) is 10.9. The molecule has 2 aromatic rings. The van der Waals surface area contributed by atoms with Crippen molar-refractivity contribution in [2.24, 2.45) is 0 Å². The van der Waals surface area contributed by atoms with E-state index in [-0.39, 0.29) is 6.29 Å². The van der Waals surface area contributed by atoms with Crippen LogP contribution in [0.25, 0.3) is 0 Å². The average molecular weight is 421 g/mol. The molecule has 0 heterocycles. The highest BCUT2D eigenvalue weighted by molar-refractivity contribution is 7.90. The Balaban J connectivity index is 0.000000664. The Labute approximate surface area is 177 Å². The molecule has 0 bridgehead atoms. The third kappa shape index (κ3) is 11.5. The van der Waals surface area contributed by atoms with Crippen molar-refractivity contribution in [3.63, 3.8) is 0 Å². The molecule has 0 saturated carbocycles. The van der Waals surface area contributed by atoms with Crippen molar-refractivity contribution < 1.29 is 23.6 Å². The van der Waals surface area contributed by atoms with Gasteiger partial charge in [-0.25, -0.2) is 0 Å². The van der Waals surface area contributed by atoms with Gasteiger partial charge in [-0.15, -0.1) is 13.2 Å². The molecule has 2 aromatic carbocycles. The minimum Gasteiger partial charge on any atom is -0.612 e. The second-order valence-electron chi connectivity index (χ2n) is 5.52. The first-order valence-electron chi connectivity index (χ1n) is 9.34. The molecule has 0 aliphatic rings. The maximum absolute atomic E-state index is 11.4. The molecule has 0 aromatic heterocycles. The van der Waals surface area contributed by atoms with Gasteiger partial charge in [0.1, 0.15) is 18.6 Å². The Morgan fingerprint density at radius 1 is 1.07 bits per heavy atom. The molecule has 0 N–H and O–H groups in total. The van der Waals surface area contributed by atoms with Gasteiger partial charge in [-0.3, -0.25) is 4.79 Å². The molecular weight excluding hydrogens is 388 g/mol. The number of benzene rings is 2. The van der Waals surface area contributed by atoms with Crippen molar-refractivity contribution in [1.82, 2.24) is 0 Å². The Bertz CT molecular complexity index is 670. The molecule has 0 radical (unpaired) electrons. The summed E-state index contributed by atoms with van der Waals surface area (Å²) < 4.78 is 27.1. The molecule has 0 spiro atoms. The van der Waals surface area contributed by atoms with Crippen LogP contribution in [0.5, 0.6) is 5.75 Å². The fourth-order valence-electron chi connectivity index (χ4n) is 2.18. The van der Waals surface area contributed by atoms with E-state index in [1.54, 1.807) is 24.5 Å². The molecule has 6 heteroatoms. The van der Waals surface area contributed by atoms with Crippen LogP contribution in [0.1, 0.15) is 36.7 Å². The summed E-state index contributed by atoms with van der Waals surface area (Å²) in [7, 11) is 0. The van der Waals surface area contributed by atoms with Gasteiger partial charge in [0.25, 0.3) is 0 Å². The number of hydrogen-bond donors (Lipinski definition) is 0. The Morgan fingerprint density at radius 3 is 2.14 bits per heavy atom. The quantitative estimate of drug-likeness (QED) is 0.246. The number of rotatable bonds is 9. The normalized spacial score (nSPS) is 10.8. The monoisotopic (exact) mass is 420 g/mol. The van der Waals surface area contributed by atoms with Crippen molar-refractivity contribution in [1.29, 1.82) is 0 Å². The van der Waals surface area contributed by atoms with E-state index < -0.39 is 11.2 Å². The molecule has 1 unspecified atom stereocenters. The maximum atomic E-state index is 11.4. The summed E-state index contributed by atoms with van der Waals surface area (Å²) >= 11 is -1.10. The summed E-state index contributed by atoms with van der Waals surface area (Å²) in [4.78, 5) is 11.7. The topological polar surface area (TPSA) is 67.8 Å². The highest BCUT2D eigenvalue weighted by Gasteiger charge is 2.10. The van der Waals surface area contributed by atoms with E-state index in [0.29, 0.717) is 22.8 Å². The first-order chi connectivity index (χ1) is 14.0. The molecule has 0 aliphatic carbocycles. The smallest absolute Gasteiger partial charge is 0.154 e. The number of carbonyl (C=O) groups excluding carboxylic acids is 1. The molecule has 2 rings (SSSR count). The summed E-state index contributed by atoms with van der Waals surface area (Å²) in [6, 6.07) is 14.7. The zero-order valence-corrected chi connectivity index (χ0v) is 18.6. The molecule has 1 atom stereocenters. The second kappa shape index (κ2) is 16.8. The summed E-state index contributed by atoms with van der Waals surface area (Å²) in [5.41, 5.74) is 1.45. The predicted molar refractivity (Wildman–Crippen MR) is 119 cm³/mol. The summed E-state index contributed by atoms with van der Waals surface area (Å²) in [5.74, 6) is 0.507. The average Bonchev–Trinajstić information content (AvgIpc) is 2.75.